The molecule has 0 bridgehead atoms. The molecule has 1 saturated carbocycles. The zero-order valence-corrected chi connectivity index (χ0v) is 16.3. The number of primary amides is 1. The molecule has 152 valence electrons. The number of hydrogen-bond donors (Lipinski definition) is 2. The van der Waals surface area contributed by atoms with Gasteiger partial charge in [-0.2, -0.15) is 0 Å². The van der Waals surface area contributed by atoms with Crippen LogP contribution >= 0.6 is 0 Å². The minimum absolute atomic E-state index is 0.0470. The van der Waals surface area contributed by atoms with Gasteiger partial charge in [0.1, 0.15) is 5.56 Å². The zero-order valence-electron chi connectivity index (χ0n) is 16.3. The topological polar surface area (TPSA) is 115 Å². The Morgan fingerprint density at radius 3 is 2.54 bits per heavy atom. The van der Waals surface area contributed by atoms with E-state index in [1.807, 2.05) is 0 Å². The Labute approximate surface area is 164 Å². The lowest BCUT2D eigenvalue weighted by Gasteiger charge is -2.41. The van der Waals surface area contributed by atoms with E-state index in [-0.39, 0.29) is 23.2 Å². The number of nitrogens with two attached hydrogens (primary N) is 1. The van der Waals surface area contributed by atoms with Gasteiger partial charge < -0.3 is 20.7 Å². The van der Waals surface area contributed by atoms with Crippen LogP contribution in [0, 0.1) is 5.92 Å². The molecule has 1 saturated heterocycles. The van der Waals surface area contributed by atoms with Crippen LogP contribution in [0.25, 0.3) is 0 Å². The summed E-state index contributed by atoms with van der Waals surface area (Å²) in [5, 5.41) is 2.55. The lowest BCUT2D eigenvalue weighted by Crippen LogP contribution is -2.51. The highest BCUT2D eigenvalue weighted by Crippen LogP contribution is 2.33. The van der Waals surface area contributed by atoms with E-state index >= 15 is 0 Å². The van der Waals surface area contributed by atoms with E-state index in [1.165, 1.54) is 38.6 Å². The second-order valence-electron chi connectivity index (χ2n) is 7.56. The summed E-state index contributed by atoms with van der Waals surface area (Å²) in [6, 6.07) is 1.51. The lowest BCUT2D eigenvalue weighted by atomic mass is 9.80. The summed E-state index contributed by atoms with van der Waals surface area (Å²) >= 11 is 0. The third-order valence-corrected chi connectivity index (χ3v) is 5.77. The van der Waals surface area contributed by atoms with Crippen molar-refractivity contribution in [3.63, 3.8) is 0 Å². The molecule has 28 heavy (non-hydrogen) atoms. The molecule has 1 aliphatic heterocycles. The van der Waals surface area contributed by atoms with Gasteiger partial charge in [0.15, 0.2) is 0 Å². The van der Waals surface area contributed by atoms with E-state index in [0.717, 1.165) is 32.1 Å². The number of aromatic nitrogens is 1. The lowest BCUT2D eigenvalue weighted by molar-refractivity contribution is -0.147. The van der Waals surface area contributed by atoms with Gasteiger partial charge in [-0.3, -0.25) is 14.4 Å². The summed E-state index contributed by atoms with van der Waals surface area (Å²) in [5.74, 6) is -1.41. The number of piperidine rings is 1. The molecule has 0 radical (unpaired) electrons. The molecule has 3 rings (SSSR count). The van der Waals surface area contributed by atoms with Gasteiger partial charge in [-0.1, -0.05) is 19.3 Å². The number of nitrogens with zero attached hydrogens (tertiary/aromatic N) is 2. The number of amides is 3. The van der Waals surface area contributed by atoms with E-state index < -0.39 is 17.7 Å². The molecular formula is C20H28N4O4. The molecule has 3 N–H and O–H groups in total. The molecule has 8 heteroatoms. The number of ether oxygens (including phenoxy) is 1. The van der Waals surface area contributed by atoms with Crippen LogP contribution in [-0.4, -0.2) is 47.3 Å². The molecule has 1 unspecified atom stereocenters. The van der Waals surface area contributed by atoms with Gasteiger partial charge in [0.2, 0.25) is 5.88 Å². The van der Waals surface area contributed by atoms with Crippen molar-refractivity contribution in [1.29, 1.82) is 0 Å². The van der Waals surface area contributed by atoms with E-state index in [0.29, 0.717) is 12.5 Å². The number of carbonyl (C=O) groups is 3. The minimum Gasteiger partial charge on any atom is -0.480 e. The predicted octanol–water partition coefficient (Wildman–Crippen LogP) is 2.09. The molecule has 1 atom stereocenters. The maximum absolute atomic E-state index is 12.9. The van der Waals surface area contributed by atoms with Gasteiger partial charge in [0.05, 0.1) is 19.0 Å². The fourth-order valence-corrected chi connectivity index (χ4v) is 4.39. The van der Waals surface area contributed by atoms with Crippen molar-refractivity contribution < 1.29 is 19.1 Å². The maximum atomic E-state index is 12.9. The normalized spacial score (nSPS) is 20.5. The van der Waals surface area contributed by atoms with Crippen LogP contribution in [0.3, 0.4) is 0 Å². The quantitative estimate of drug-likeness (QED) is 0.767. The largest absolute Gasteiger partial charge is 0.480 e. The maximum Gasteiger partial charge on any atom is 0.313 e. The number of nitrogens with one attached hydrogen (secondary N) is 1. The first-order chi connectivity index (χ1) is 13.5. The van der Waals surface area contributed by atoms with Crippen molar-refractivity contribution in [3.05, 3.63) is 17.8 Å². The van der Waals surface area contributed by atoms with Crippen molar-refractivity contribution in [2.75, 3.05) is 19.0 Å². The highest BCUT2D eigenvalue weighted by atomic mass is 16.5. The molecule has 1 aromatic rings. The molecule has 8 nitrogen and oxygen atoms in total. The van der Waals surface area contributed by atoms with Crippen LogP contribution in [0.5, 0.6) is 5.88 Å². The minimum atomic E-state index is -0.722. The van der Waals surface area contributed by atoms with Crippen LogP contribution in [0.2, 0.25) is 0 Å². The van der Waals surface area contributed by atoms with E-state index in [9.17, 15) is 14.4 Å². The van der Waals surface area contributed by atoms with Gasteiger partial charge in [-0.15, -0.1) is 0 Å². The summed E-state index contributed by atoms with van der Waals surface area (Å²) in [6.07, 6.45) is 10.2. The standard InChI is InChI=1S/C20H28N4O4/c1-28-19-15(17(21)25)11-14(12-22-19)23-18(26)20(27)24-10-6-5-9-16(24)13-7-3-2-4-8-13/h11-13,16H,2-10H2,1H3,(H2,21,25)(H,23,26). The molecule has 2 aliphatic rings. The second-order valence-corrected chi connectivity index (χ2v) is 7.56. The number of rotatable bonds is 4. The number of carbonyl (C=O) groups excluding carboxylic acids is 3. The van der Waals surface area contributed by atoms with Crippen LogP contribution in [0.1, 0.15) is 61.7 Å². The SMILES string of the molecule is COc1ncc(NC(=O)C(=O)N2CCCCC2C2CCCCC2)cc1C(N)=O. The fraction of sp³-hybridized carbons (Fsp3) is 0.600. The molecule has 0 aromatic carbocycles. The average molecular weight is 388 g/mol. The fourth-order valence-electron chi connectivity index (χ4n) is 4.39. The first kappa shape index (κ1) is 20.1. The highest BCUT2D eigenvalue weighted by Gasteiger charge is 2.36. The van der Waals surface area contributed by atoms with Crippen molar-refractivity contribution >= 4 is 23.4 Å². The molecule has 0 spiro atoms. The first-order valence-electron chi connectivity index (χ1n) is 9.97. The van der Waals surface area contributed by atoms with Crippen molar-refractivity contribution in [2.45, 2.75) is 57.4 Å². The molecule has 2 fully saturated rings. The Bertz CT molecular complexity index is 746. The van der Waals surface area contributed by atoms with Crippen LogP contribution in [0.4, 0.5) is 5.69 Å². The molecule has 2 heterocycles. The Morgan fingerprint density at radius 1 is 1.14 bits per heavy atom. The van der Waals surface area contributed by atoms with Gasteiger partial charge >= 0.3 is 11.8 Å². The summed E-state index contributed by atoms with van der Waals surface area (Å²) in [5.41, 5.74) is 5.60. The van der Waals surface area contributed by atoms with Crippen LogP contribution < -0.4 is 15.8 Å². The highest BCUT2D eigenvalue weighted by molar-refractivity contribution is 6.39. The van der Waals surface area contributed by atoms with Gasteiger partial charge in [0.25, 0.3) is 5.91 Å². The summed E-state index contributed by atoms with van der Waals surface area (Å²) in [6.45, 7) is 0.612. The van der Waals surface area contributed by atoms with Gasteiger partial charge in [-0.25, -0.2) is 4.98 Å². The van der Waals surface area contributed by atoms with E-state index in [2.05, 4.69) is 10.3 Å². The average Bonchev–Trinajstić information content (AvgIpc) is 2.73. The summed E-state index contributed by atoms with van der Waals surface area (Å²) in [7, 11) is 1.37. The third-order valence-electron chi connectivity index (χ3n) is 5.77. The number of likely N-dealkylation sites (tertiary alicyclic amines) is 1. The molecular weight excluding hydrogens is 360 g/mol. The Kier molecular flexibility index (Phi) is 6.49. The number of methoxy groups -OCH3 is 1. The molecule has 3 amide bonds. The first-order valence-corrected chi connectivity index (χ1v) is 9.97. The van der Waals surface area contributed by atoms with Crippen molar-refractivity contribution in [2.24, 2.45) is 11.7 Å². The van der Waals surface area contributed by atoms with E-state index in [1.54, 1.807) is 4.90 Å². The van der Waals surface area contributed by atoms with Gasteiger partial charge in [-0.05, 0) is 44.1 Å². The summed E-state index contributed by atoms with van der Waals surface area (Å²) < 4.78 is 4.99. The summed E-state index contributed by atoms with van der Waals surface area (Å²) in [4.78, 5) is 42.7. The smallest absolute Gasteiger partial charge is 0.313 e. The van der Waals surface area contributed by atoms with E-state index in [4.69, 9.17) is 10.5 Å². The molecule has 1 aliphatic carbocycles. The van der Waals surface area contributed by atoms with Crippen molar-refractivity contribution in [3.8, 4) is 5.88 Å². The van der Waals surface area contributed by atoms with Crippen LogP contribution in [-0.2, 0) is 9.59 Å². The third kappa shape index (κ3) is 4.43. The predicted molar refractivity (Wildman–Crippen MR) is 104 cm³/mol. The Morgan fingerprint density at radius 2 is 1.86 bits per heavy atom. The Hall–Kier alpha value is -2.64. The molecule has 1 aromatic heterocycles. The second kappa shape index (κ2) is 9.03. The monoisotopic (exact) mass is 388 g/mol. The zero-order chi connectivity index (χ0) is 20.1. The van der Waals surface area contributed by atoms with Crippen molar-refractivity contribution in [1.82, 2.24) is 9.88 Å². The number of hydrogen-bond acceptors (Lipinski definition) is 5. The number of anilines is 1. The van der Waals surface area contributed by atoms with Crippen LogP contribution in [0.15, 0.2) is 12.3 Å². The van der Waals surface area contributed by atoms with Gasteiger partial charge in [0, 0.05) is 12.6 Å². The Balaban J connectivity index is 1.71. The number of pyridine rings is 1.